The summed E-state index contributed by atoms with van der Waals surface area (Å²) < 4.78 is 33.3. The Hall–Kier alpha value is -2.41. The zero-order chi connectivity index (χ0) is 19.8. The molecule has 0 unspecified atom stereocenters. The van der Waals surface area contributed by atoms with Gasteiger partial charge in [-0.05, 0) is 36.4 Å². The van der Waals surface area contributed by atoms with E-state index in [1.807, 2.05) is 6.07 Å². The van der Waals surface area contributed by atoms with Crippen molar-refractivity contribution in [3.8, 4) is 11.8 Å². The number of benzene rings is 2. The van der Waals surface area contributed by atoms with Crippen LogP contribution in [0.5, 0.6) is 5.75 Å². The van der Waals surface area contributed by atoms with Crippen molar-refractivity contribution in [2.75, 3.05) is 26.2 Å². The molecule has 2 N–H and O–H groups in total. The summed E-state index contributed by atoms with van der Waals surface area (Å²) in [5.74, 6) is 0.687. The number of nitrogens with one attached hydrogen (secondary N) is 2. The molecule has 0 radical (unpaired) electrons. The van der Waals surface area contributed by atoms with Crippen LogP contribution < -0.4 is 14.8 Å². The third kappa shape index (κ3) is 6.83. The molecule has 7 nitrogen and oxygen atoms in total. The second-order valence-corrected chi connectivity index (χ2v) is 7.72. The molecule has 3 rings (SSSR count). The summed E-state index contributed by atoms with van der Waals surface area (Å²) in [6, 6.07) is 15.7. The lowest BCUT2D eigenvalue weighted by atomic mass is 10.2. The molecule has 0 saturated carbocycles. The van der Waals surface area contributed by atoms with Gasteiger partial charge in [0, 0.05) is 42.8 Å². The van der Waals surface area contributed by atoms with Gasteiger partial charge in [-0.15, -0.1) is 24.8 Å². The zero-order valence-corrected chi connectivity index (χ0v) is 18.4. The van der Waals surface area contributed by atoms with E-state index >= 15 is 0 Å². The standard InChI is InChI=1S/C20H20N4O3S.2ClH/c21-14-16-4-6-18(7-5-16)27-13-12-22-10-11-24-28(25,26)20-3-1-2-17-15-23-9-8-19(17)20;;/h1-9,15,22,24H,10-13H2;2*1H. The Balaban J connectivity index is 0.00000225. The fourth-order valence-electron chi connectivity index (χ4n) is 2.67. The molecular formula is C20H22Cl2N4O3S. The molecule has 3 aromatic rings. The molecule has 0 aliphatic carbocycles. The van der Waals surface area contributed by atoms with E-state index in [0.29, 0.717) is 36.4 Å². The van der Waals surface area contributed by atoms with Crippen molar-refractivity contribution in [2.45, 2.75) is 4.90 Å². The van der Waals surface area contributed by atoms with Crippen molar-refractivity contribution < 1.29 is 13.2 Å². The van der Waals surface area contributed by atoms with Crippen molar-refractivity contribution >= 4 is 45.6 Å². The van der Waals surface area contributed by atoms with Crippen LogP contribution >= 0.6 is 24.8 Å². The van der Waals surface area contributed by atoms with E-state index in [9.17, 15) is 8.42 Å². The molecule has 0 aliphatic rings. The first kappa shape index (κ1) is 25.6. The molecular weight excluding hydrogens is 447 g/mol. The Kier molecular flexibility index (Phi) is 10.5. The number of nitrogens with zero attached hydrogens (tertiary/aromatic N) is 2. The first-order valence-corrected chi connectivity index (χ1v) is 10.2. The maximum Gasteiger partial charge on any atom is 0.241 e. The summed E-state index contributed by atoms with van der Waals surface area (Å²) in [5, 5.41) is 13.3. The van der Waals surface area contributed by atoms with E-state index in [-0.39, 0.29) is 36.3 Å². The summed E-state index contributed by atoms with van der Waals surface area (Å²) in [4.78, 5) is 4.27. The summed E-state index contributed by atoms with van der Waals surface area (Å²) in [6.45, 7) is 1.75. The van der Waals surface area contributed by atoms with Crippen LogP contribution in [-0.4, -0.2) is 39.6 Å². The highest BCUT2D eigenvalue weighted by Crippen LogP contribution is 2.21. The fourth-order valence-corrected chi connectivity index (χ4v) is 3.93. The second-order valence-electron chi connectivity index (χ2n) is 5.99. The molecule has 0 saturated heterocycles. The molecule has 0 amide bonds. The minimum Gasteiger partial charge on any atom is -0.492 e. The van der Waals surface area contributed by atoms with Gasteiger partial charge in [-0.1, -0.05) is 12.1 Å². The molecule has 0 spiro atoms. The number of halogens is 2. The molecule has 0 atom stereocenters. The summed E-state index contributed by atoms with van der Waals surface area (Å²) in [7, 11) is -3.60. The highest BCUT2D eigenvalue weighted by Gasteiger charge is 2.16. The maximum atomic E-state index is 12.6. The number of rotatable bonds is 9. The Morgan fingerprint density at radius 2 is 1.77 bits per heavy atom. The Morgan fingerprint density at radius 3 is 2.50 bits per heavy atom. The van der Waals surface area contributed by atoms with Crippen molar-refractivity contribution in [3.63, 3.8) is 0 Å². The number of pyridine rings is 1. The van der Waals surface area contributed by atoms with E-state index in [2.05, 4.69) is 21.1 Å². The van der Waals surface area contributed by atoms with Crippen LogP contribution in [0.4, 0.5) is 0 Å². The molecule has 160 valence electrons. The molecule has 1 aromatic heterocycles. The van der Waals surface area contributed by atoms with Crippen molar-refractivity contribution in [2.24, 2.45) is 0 Å². The number of ether oxygens (including phenoxy) is 1. The monoisotopic (exact) mass is 468 g/mol. The van der Waals surface area contributed by atoms with Crippen molar-refractivity contribution in [1.29, 1.82) is 5.26 Å². The molecule has 0 fully saturated rings. The Bertz CT molecular complexity index is 1080. The molecule has 10 heteroatoms. The number of sulfonamides is 1. The SMILES string of the molecule is Cl.Cl.N#Cc1ccc(OCCNCCNS(=O)(=O)c2cccc3cnccc23)cc1. The minimum atomic E-state index is -3.60. The maximum absolute atomic E-state index is 12.6. The third-order valence-corrected chi connectivity index (χ3v) is 5.57. The van der Waals surface area contributed by atoms with Crippen LogP contribution in [0.15, 0.2) is 65.8 Å². The number of nitriles is 1. The van der Waals surface area contributed by atoms with Gasteiger partial charge in [0.2, 0.25) is 10.0 Å². The topological polar surface area (TPSA) is 104 Å². The predicted octanol–water partition coefficient (Wildman–Crippen LogP) is 2.90. The number of hydrogen-bond acceptors (Lipinski definition) is 6. The van der Waals surface area contributed by atoms with Gasteiger partial charge in [0.1, 0.15) is 12.4 Å². The smallest absolute Gasteiger partial charge is 0.241 e. The summed E-state index contributed by atoms with van der Waals surface area (Å²) in [5.41, 5.74) is 0.584. The number of hydrogen-bond donors (Lipinski definition) is 2. The highest BCUT2D eigenvalue weighted by molar-refractivity contribution is 7.89. The first-order valence-electron chi connectivity index (χ1n) is 8.76. The van der Waals surface area contributed by atoms with Gasteiger partial charge in [-0.25, -0.2) is 13.1 Å². The van der Waals surface area contributed by atoms with E-state index in [1.54, 1.807) is 54.9 Å². The average molecular weight is 469 g/mol. The summed E-state index contributed by atoms with van der Waals surface area (Å²) >= 11 is 0. The molecule has 0 bridgehead atoms. The molecule has 0 aliphatic heterocycles. The van der Waals surface area contributed by atoms with Gasteiger partial charge < -0.3 is 10.1 Å². The first-order chi connectivity index (χ1) is 13.6. The highest BCUT2D eigenvalue weighted by atomic mass is 35.5. The van der Waals surface area contributed by atoms with Crippen LogP contribution in [-0.2, 0) is 10.0 Å². The second kappa shape index (κ2) is 12.3. The molecule has 30 heavy (non-hydrogen) atoms. The van der Waals surface area contributed by atoms with Crippen LogP contribution in [0.1, 0.15) is 5.56 Å². The normalized spacial score (nSPS) is 10.5. The van der Waals surface area contributed by atoms with E-state index in [1.165, 1.54) is 0 Å². The number of fused-ring (bicyclic) bond motifs is 1. The van der Waals surface area contributed by atoms with E-state index in [0.717, 1.165) is 5.39 Å². The lowest BCUT2D eigenvalue weighted by Crippen LogP contribution is -2.33. The molecule has 1 heterocycles. The molecule has 2 aromatic carbocycles. The van der Waals surface area contributed by atoms with Crippen LogP contribution in [0, 0.1) is 11.3 Å². The van der Waals surface area contributed by atoms with Gasteiger partial charge in [0.25, 0.3) is 0 Å². The van der Waals surface area contributed by atoms with Crippen molar-refractivity contribution in [1.82, 2.24) is 15.0 Å². The predicted molar refractivity (Wildman–Crippen MR) is 121 cm³/mol. The average Bonchev–Trinajstić information content (AvgIpc) is 2.73. The van der Waals surface area contributed by atoms with Gasteiger partial charge >= 0.3 is 0 Å². The summed E-state index contributed by atoms with van der Waals surface area (Å²) in [6.07, 6.45) is 3.22. The lowest BCUT2D eigenvalue weighted by molar-refractivity contribution is 0.314. The van der Waals surface area contributed by atoms with Crippen LogP contribution in [0.3, 0.4) is 0 Å². The fraction of sp³-hybridized carbons (Fsp3) is 0.200. The third-order valence-electron chi connectivity index (χ3n) is 4.06. The Labute approximate surface area is 188 Å². The van der Waals surface area contributed by atoms with Gasteiger partial charge in [0.15, 0.2) is 0 Å². The van der Waals surface area contributed by atoms with Gasteiger partial charge in [-0.3, -0.25) is 4.98 Å². The quantitative estimate of drug-likeness (QED) is 0.467. The lowest BCUT2D eigenvalue weighted by Gasteiger charge is -2.10. The van der Waals surface area contributed by atoms with E-state index < -0.39 is 10.0 Å². The number of aromatic nitrogens is 1. The minimum absolute atomic E-state index is 0. The Morgan fingerprint density at radius 1 is 1.00 bits per heavy atom. The van der Waals surface area contributed by atoms with Gasteiger partial charge in [0.05, 0.1) is 16.5 Å². The van der Waals surface area contributed by atoms with Gasteiger partial charge in [-0.2, -0.15) is 5.26 Å². The van der Waals surface area contributed by atoms with Crippen molar-refractivity contribution in [3.05, 3.63) is 66.5 Å². The van der Waals surface area contributed by atoms with Crippen LogP contribution in [0.25, 0.3) is 10.8 Å². The zero-order valence-electron chi connectivity index (χ0n) is 15.9. The van der Waals surface area contributed by atoms with Crippen LogP contribution in [0.2, 0.25) is 0 Å². The largest absolute Gasteiger partial charge is 0.492 e. The van der Waals surface area contributed by atoms with E-state index in [4.69, 9.17) is 10.00 Å².